The molecule has 4 heteroatoms. The lowest BCUT2D eigenvalue weighted by Gasteiger charge is -2.20. The van der Waals surface area contributed by atoms with Crippen molar-refractivity contribution in [2.24, 2.45) is 0 Å². The van der Waals surface area contributed by atoms with E-state index in [0.29, 0.717) is 5.69 Å². The molecule has 2 N–H and O–H groups in total. The van der Waals surface area contributed by atoms with Crippen LogP contribution in [-0.2, 0) is 17.7 Å². The van der Waals surface area contributed by atoms with Crippen molar-refractivity contribution in [3.05, 3.63) is 23.0 Å². The minimum absolute atomic E-state index is 0.266. The number of hydrogen-bond donors (Lipinski definition) is 2. The van der Waals surface area contributed by atoms with Gasteiger partial charge in [0.05, 0.1) is 0 Å². The summed E-state index contributed by atoms with van der Waals surface area (Å²) in [5.41, 5.74) is 2.43. The van der Waals surface area contributed by atoms with Crippen molar-refractivity contribution in [1.29, 1.82) is 0 Å². The molecule has 0 aromatic carbocycles. The predicted octanol–water partition coefficient (Wildman–Crippen LogP) is 1.62. The van der Waals surface area contributed by atoms with Gasteiger partial charge in [0, 0.05) is 18.3 Å². The minimum Gasteiger partial charge on any atom is -0.455 e. The summed E-state index contributed by atoms with van der Waals surface area (Å²) in [6.07, 6.45) is 2.88. The van der Waals surface area contributed by atoms with E-state index in [-0.39, 0.29) is 5.97 Å². The van der Waals surface area contributed by atoms with Gasteiger partial charge in [-0.25, -0.2) is 4.79 Å². The largest absolute Gasteiger partial charge is 0.455 e. The molecular weight excluding hydrogens is 204 g/mol. The number of ether oxygens (including phenoxy) is 1. The summed E-state index contributed by atoms with van der Waals surface area (Å²) in [6.45, 7) is 7.33. The van der Waals surface area contributed by atoms with Gasteiger partial charge in [-0.05, 0) is 39.3 Å². The normalized spacial score (nSPS) is 15.7. The number of fused-ring (bicyclic) bond motifs is 1. The Labute approximate surface area is 95.4 Å². The molecular formula is C12H18N2O2. The Kier molecular flexibility index (Phi) is 2.76. The standard InChI is InChI=1S/C12H18N2O2/c1-12(2,3)16-11(15)10-9-7-13-5-4-8(9)6-14-10/h6,13-14H,4-5,7H2,1-3H3. The maximum Gasteiger partial charge on any atom is 0.355 e. The smallest absolute Gasteiger partial charge is 0.355 e. The average molecular weight is 222 g/mol. The topological polar surface area (TPSA) is 54.1 Å². The maximum atomic E-state index is 11.9. The van der Waals surface area contributed by atoms with Crippen LogP contribution in [0.2, 0.25) is 0 Å². The number of aromatic nitrogens is 1. The van der Waals surface area contributed by atoms with Gasteiger partial charge in [-0.1, -0.05) is 0 Å². The molecule has 0 unspecified atom stereocenters. The summed E-state index contributed by atoms with van der Waals surface area (Å²) in [6, 6.07) is 0. The first-order valence-electron chi connectivity index (χ1n) is 5.60. The van der Waals surface area contributed by atoms with Crippen LogP contribution in [-0.4, -0.2) is 23.1 Å². The van der Waals surface area contributed by atoms with E-state index >= 15 is 0 Å². The fourth-order valence-corrected chi connectivity index (χ4v) is 1.87. The number of rotatable bonds is 1. The highest BCUT2D eigenvalue weighted by atomic mass is 16.6. The number of hydrogen-bond acceptors (Lipinski definition) is 3. The van der Waals surface area contributed by atoms with Gasteiger partial charge in [0.1, 0.15) is 11.3 Å². The molecule has 2 heterocycles. The Balaban J connectivity index is 2.21. The summed E-state index contributed by atoms with van der Waals surface area (Å²) in [5.74, 6) is -0.266. The van der Waals surface area contributed by atoms with Crippen LogP contribution >= 0.6 is 0 Å². The van der Waals surface area contributed by atoms with Crippen molar-refractivity contribution in [2.45, 2.75) is 39.3 Å². The van der Waals surface area contributed by atoms with Gasteiger partial charge < -0.3 is 15.0 Å². The Morgan fingerprint density at radius 3 is 2.88 bits per heavy atom. The van der Waals surface area contributed by atoms with Gasteiger partial charge in [0.25, 0.3) is 0 Å². The lowest BCUT2D eigenvalue weighted by Crippen LogP contribution is -2.27. The van der Waals surface area contributed by atoms with Crippen molar-refractivity contribution < 1.29 is 9.53 Å². The summed E-state index contributed by atoms with van der Waals surface area (Å²) in [4.78, 5) is 14.9. The van der Waals surface area contributed by atoms with Crippen LogP contribution in [0.5, 0.6) is 0 Å². The van der Waals surface area contributed by atoms with Gasteiger partial charge >= 0.3 is 5.97 Å². The summed E-state index contributed by atoms with van der Waals surface area (Å²) >= 11 is 0. The zero-order chi connectivity index (χ0) is 11.8. The highest BCUT2D eigenvalue weighted by molar-refractivity contribution is 5.90. The zero-order valence-corrected chi connectivity index (χ0v) is 10.0. The third kappa shape index (κ3) is 2.27. The van der Waals surface area contributed by atoms with E-state index in [9.17, 15) is 4.79 Å². The van der Waals surface area contributed by atoms with Gasteiger partial charge in [0.2, 0.25) is 0 Å². The molecule has 0 saturated carbocycles. The Morgan fingerprint density at radius 2 is 2.19 bits per heavy atom. The molecule has 0 saturated heterocycles. The molecule has 0 atom stereocenters. The number of nitrogens with one attached hydrogen (secondary N) is 2. The Bertz CT molecular complexity index is 402. The number of aromatic amines is 1. The first kappa shape index (κ1) is 11.2. The molecule has 4 nitrogen and oxygen atoms in total. The highest BCUT2D eigenvalue weighted by Crippen LogP contribution is 2.20. The third-order valence-corrected chi connectivity index (χ3v) is 2.56. The molecule has 0 spiro atoms. The number of carbonyl (C=O) groups is 1. The first-order chi connectivity index (χ1) is 7.47. The van der Waals surface area contributed by atoms with Crippen LogP contribution in [0.4, 0.5) is 0 Å². The number of esters is 1. The minimum atomic E-state index is -0.447. The molecule has 1 aromatic heterocycles. The molecule has 2 rings (SSSR count). The molecule has 0 radical (unpaired) electrons. The van der Waals surface area contributed by atoms with E-state index in [0.717, 1.165) is 25.1 Å². The van der Waals surface area contributed by atoms with Crippen LogP contribution in [0.3, 0.4) is 0 Å². The summed E-state index contributed by atoms with van der Waals surface area (Å²) < 4.78 is 5.35. The van der Waals surface area contributed by atoms with Gasteiger partial charge in [-0.15, -0.1) is 0 Å². The van der Waals surface area contributed by atoms with Crippen molar-refractivity contribution >= 4 is 5.97 Å². The second-order valence-corrected chi connectivity index (χ2v) is 5.10. The van der Waals surface area contributed by atoms with E-state index < -0.39 is 5.60 Å². The molecule has 16 heavy (non-hydrogen) atoms. The molecule has 0 aliphatic carbocycles. The molecule has 0 bridgehead atoms. The number of carbonyl (C=O) groups excluding carboxylic acids is 1. The monoisotopic (exact) mass is 222 g/mol. The molecule has 1 aliphatic heterocycles. The summed E-state index contributed by atoms with van der Waals surface area (Å²) in [7, 11) is 0. The van der Waals surface area contributed by atoms with Crippen molar-refractivity contribution in [3.63, 3.8) is 0 Å². The lowest BCUT2D eigenvalue weighted by molar-refractivity contribution is 0.00621. The van der Waals surface area contributed by atoms with Gasteiger partial charge in [-0.3, -0.25) is 0 Å². The fraction of sp³-hybridized carbons (Fsp3) is 0.583. The molecule has 88 valence electrons. The van der Waals surface area contributed by atoms with Crippen LogP contribution in [0.15, 0.2) is 6.20 Å². The van der Waals surface area contributed by atoms with Crippen molar-refractivity contribution in [2.75, 3.05) is 6.54 Å². The second kappa shape index (κ2) is 3.94. The van der Waals surface area contributed by atoms with Gasteiger partial charge in [-0.2, -0.15) is 0 Å². The van der Waals surface area contributed by atoms with Crippen molar-refractivity contribution in [3.8, 4) is 0 Å². The van der Waals surface area contributed by atoms with Crippen LogP contribution < -0.4 is 5.32 Å². The summed E-state index contributed by atoms with van der Waals surface area (Å²) in [5, 5.41) is 3.26. The molecule has 0 amide bonds. The number of H-pyrrole nitrogens is 1. The van der Waals surface area contributed by atoms with Crippen LogP contribution in [0.25, 0.3) is 0 Å². The Hall–Kier alpha value is -1.29. The van der Waals surface area contributed by atoms with Crippen LogP contribution in [0, 0.1) is 0 Å². The molecule has 0 fully saturated rings. The molecule has 1 aromatic rings. The van der Waals surface area contributed by atoms with Crippen LogP contribution in [0.1, 0.15) is 42.4 Å². The SMILES string of the molecule is CC(C)(C)OC(=O)c1[nH]cc2c1CNCC2. The second-order valence-electron chi connectivity index (χ2n) is 5.10. The average Bonchev–Trinajstić information content (AvgIpc) is 2.58. The highest BCUT2D eigenvalue weighted by Gasteiger charge is 2.24. The van der Waals surface area contributed by atoms with Crippen molar-refractivity contribution in [1.82, 2.24) is 10.3 Å². The van der Waals surface area contributed by atoms with E-state index in [4.69, 9.17) is 4.74 Å². The quantitative estimate of drug-likeness (QED) is 0.710. The first-order valence-corrected chi connectivity index (χ1v) is 5.60. The van der Waals surface area contributed by atoms with Gasteiger partial charge in [0.15, 0.2) is 0 Å². The predicted molar refractivity (Wildman–Crippen MR) is 61.4 cm³/mol. The lowest BCUT2D eigenvalue weighted by atomic mass is 10.0. The fourth-order valence-electron chi connectivity index (χ4n) is 1.87. The maximum absolute atomic E-state index is 11.9. The third-order valence-electron chi connectivity index (χ3n) is 2.56. The van der Waals surface area contributed by atoms with E-state index in [1.54, 1.807) is 0 Å². The van der Waals surface area contributed by atoms with E-state index in [1.165, 1.54) is 5.56 Å². The molecule has 1 aliphatic rings. The van der Waals surface area contributed by atoms with E-state index in [2.05, 4.69) is 10.3 Å². The zero-order valence-electron chi connectivity index (χ0n) is 10.0. The van der Waals surface area contributed by atoms with E-state index in [1.807, 2.05) is 27.0 Å². The Morgan fingerprint density at radius 1 is 1.44 bits per heavy atom.